The van der Waals surface area contributed by atoms with Crippen LogP contribution in [0.2, 0.25) is 0 Å². The first kappa shape index (κ1) is 15.0. The fourth-order valence-corrected chi connectivity index (χ4v) is 1.28. The number of amides is 1. The van der Waals surface area contributed by atoms with Crippen molar-refractivity contribution in [1.29, 1.82) is 0 Å². The van der Waals surface area contributed by atoms with Gasteiger partial charge in [0.2, 0.25) is 5.91 Å². The van der Waals surface area contributed by atoms with Crippen LogP contribution in [0.25, 0.3) is 0 Å². The average Bonchev–Trinajstić information content (AvgIpc) is 2.28. The predicted molar refractivity (Wildman–Crippen MR) is 72.1 cm³/mol. The number of anilines is 2. The topological polar surface area (TPSA) is 102 Å². The van der Waals surface area contributed by atoms with Crippen LogP contribution in [0.1, 0.15) is 31.1 Å². The highest BCUT2D eigenvalue weighted by Crippen LogP contribution is 2.20. The molecule has 0 aromatic heterocycles. The van der Waals surface area contributed by atoms with Gasteiger partial charge in [-0.2, -0.15) is 0 Å². The number of carbonyl (C=O) groups excluding carboxylic acids is 1. The highest BCUT2D eigenvalue weighted by molar-refractivity contribution is 5.96. The predicted octanol–water partition coefficient (Wildman–Crippen LogP) is 1.72. The minimum atomic E-state index is -1.07. The zero-order valence-electron chi connectivity index (χ0n) is 11.2. The summed E-state index contributed by atoms with van der Waals surface area (Å²) in [6.07, 6.45) is 0. The summed E-state index contributed by atoms with van der Waals surface area (Å²) in [4.78, 5) is 22.4. The van der Waals surface area contributed by atoms with Crippen molar-refractivity contribution in [3.63, 3.8) is 0 Å². The third kappa shape index (κ3) is 4.97. The van der Waals surface area contributed by atoms with Crippen LogP contribution in [0.3, 0.4) is 0 Å². The Morgan fingerprint density at radius 3 is 2.47 bits per heavy atom. The number of aromatic carboxylic acids is 1. The number of carboxylic acids is 1. The quantitative estimate of drug-likeness (QED) is 0.720. The standard InChI is InChI=1S/C13H18N2O4/c1-13(2,3)19-7-11(16)15-10-5-4-8(12(17)18)6-9(10)14/h4-6H,7,14H2,1-3H3,(H,15,16)(H,17,18). The van der Waals surface area contributed by atoms with E-state index in [1.807, 2.05) is 20.8 Å². The lowest BCUT2D eigenvalue weighted by Crippen LogP contribution is -2.27. The van der Waals surface area contributed by atoms with Crippen molar-refractivity contribution in [2.24, 2.45) is 0 Å². The Balaban J connectivity index is 2.67. The molecule has 6 nitrogen and oxygen atoms in total. The molecule has 0 aliphatic rings. The normalized spacial score (nSPS) is 11.1. The molecule has 1 aromatic rings. The number of nitrogens with two attached hydrogens (primary N) is 1. The number of rotatable bonds is 4. The van der Waals surface area contributed by atoms with Crippen molar-refractivity contribution >= 4 is 23.3 Å². The van der Waals surface area contributed by atoms with Gasteiger partial charge in [0.05, 0.1) is 22.5 Å². The second-order valence-corrected chi connectivity index (χ2v) is 5.06. The van der Waals surface area contributed by atoms with Gasteiger partial charge in [-0.15, -0.1) is 0 Å². The summed E-state index contributed by atoms with van der Waals surface area (Å²) in [5.74, 6) is -1.41. The first-order chi connectivity index (χ1) is 8.69. The maximum Gasteiger partial charge on any atom is 0.335 e. The molecule has 1 aromatic carbocycles. The van der Waals surface area contributed by atoms with Crippen molar-refractivity contribution in [3.8, 4) is 0 Å². The molecule has 0 atom stereocenters. The van der Waals surface area contributed by atoms with Crippen LogP contribution in [-0.4, -0.2) is 29.2 Å². The molecular formula is C13H18N2O4. The largest absolute Gasteiger partial charge is 0.478 e. The monoisotopic (exact) mass is 266 g/mol. The maximum atomic E-state index is 11.6. The zero-order chi connectivity index (χ0) is 14.6. The smallest absolute Gasteiger partial charge is 0.335 e. The fourth-order valence-electron chi connectivity index (χ4n) is 1.28. The number of hydrogen-bond acceptors (Lipinski definition) is 4. The summed E-state index contributed by atoms with van der Waals surface area (Å²) >= 11 is 0. The average molecular weight is 266 g/mol. The Kier molecular flexibility index (Phi) is 4.50. The second kappa shape index (κ2) is 5.71. The van der Waals surface area contributed by atoms with Crippen molar-refractivity contribution < 1.29 is 19.4 Å². The van der Waals surface area contributed by atoms with Gasteiger partial charge in [0.1, 0.15) is 6.61 Å². The van der Waals surface area contributed by atoms with E-state index < -0.39 is 11.6 Å². The van der Waals surface area contributed by atoms with Crippen LogP contribution in [0.15, 0.2) is 18.2 Å². The van der Waals surface area contributed by atoms with Crippen LogP contribution in [0.4, 0.5) is 11.4 Å². The number of nitrogens with one attached hydrogen (secondary N) is 1. The van der Waals surface area contributed by atoms with Gasteiger partial charge in [-0.3, -0.25) is 4.79 Å². The third-order valence-corrected chi connectivity index (χ3v) is 2.21. The molecule has 4 N–H and O–H groups in total. The van der Waals surface area contributed by atoms with Crippen molar-refractivity contribution in [2.45, 2.75) is 26.4 Å². The van der Waals surface area contributed by atoms with Gasteiger partial charge in [-0.05, 0) is 39.0 Å². The lowest BCUT2D eigenvalue weighted by atomic mass is 10.1. The molecule has 0 heterocycles. The van der Waals surface area contributed by atoms with Crippen molar-refractivity contribution in [1.82, 2.24) is 0 Å². The summed E-state index contributed by atoms with van der Waals surface area (Å²) in [6.45, 7) is 5.44. The first-order valence-electron chi connectivity index (χ1n) is 5.75. The van der Waals surface area contributed by atoms with E-state index in [0.717, 1.165) is 0 Å². The van der Waals surface area contributed by atoms with E-state index in [-0.39, 0.29) is 23.8 Å². The molecule has 0 spiro atoms. The number of hydrogen-bond donors (Lipinski definition) is 3. The molecule has 104 valence electrons. The Bertz CT molecular complexity index is 492. The Morgan fingerprint density at radius 1 is 1.37 bits per heavy atom. The van der Waals surface area contributed by atoms with Crippen LogP contribution in [-0.2, 0) is 9.53 Å². The summed E-state index contributed by atoms with van der Waals surface area (Å²) in [5.41, 5.74) is 5.90. The lowest BCUT2D eigenvalue weighted by Gasteiger charge is -2.19. The highest BCUT2D eigenvalue weighted by Gasteiger charge is 2.14. The molecule has 1 rings (SSSR count). The highest BCUT2D eigenvalue weighted by atomic mass is 16.5. The van der Waals surface area contributed by atoms with Gasteiger partial charge < -0.3 is 20.9 Å². The van der Waals surface area contributed by atoms with E-state index in [1.165, 1.54) is 18.2 Å². The third-order valence-electron chi connectivity index (χ3n) is 2.21. The minimum Gasteiger partial charge on any atom is -0.478 e. The van der Waals surface area contributed by atoms with E-state index in [4.69, 9.17) is 15.6 Å². The van der Waals surface area contributed by atoms with Crippen LogP contribution in [0, 0.1) is 0 Å². The number of benzene rings is 1. The molecule has 1 amide bonds. The van der Waals surface area contributed by atoms with Gasteiger partial charge >= 0.3 is 5.97 Å². The molecule has 19 heavy (non-hydrogen) atoms. The molecule has 0 aliphatic carbocycles. The Labute approximate surface area is 111 Å². The van der Waals surface area contributed by atoms with E-state index in [2.05, 4.69) is 5.32 Å². The Morgan fingerprint density at radius 2 is 2.00 bits per heavy atom. The summed E-state index contributed by atoms with van der Waals surface area (Å²) in [7, 11) is 0. The maximum absolute atomic E-state index is 11.6. The molecule has 0 unspecified atom stereocenters. The SMILES string of the molecule is CC(C)(C)OCC(=O)Nc1ccc(C(=O)O)cc1N. The van der Waals surface area contributed by atoms with Crippen molar-refractivity contribution in [3.05, 3.63) is 23.8 Å². The van der Waals surface area contributed by atoms with E-state index >= 15 is 0 Å². The number of ether oxygens (including phenoxy) is 1. The summed E-state index contributed by atoms with van der Waals surface area (Å²) < 4.78 is 5.32. The van der Waals surface area contributed by atoms with Crippen LogP contribution in [0.5, 0.6) is 0 Å². The van der Waals surface area contributed by atoms with Gasteiger partial charge in [0.25, 0.3) is 0 Å². The molecular weight excluding hydrogens is 248 g/mol. The summed E-state index contributed by atoms with van der Waals surface area (Å²) in [5, 5.41) is 11.4. The molecule has 0 radical (unpaired) electrons. The van der Waals surface area contributed by atoms with Gasteiger partial charge in [0.15, 0.2) is 0 Å². The number of nitrogen functional groups attached to an aromatic ring is 1. The number of carbonyl (C=O) groups is 2. The molecule has 0 bridgehead atoms. The lowest BCUT2D eigenvalue weighted by molar-refractivity contribution is -0.125. The minimum absolute atomic E-state index is 0.0708. The van der Waals surface area contributed by atoms with E-state index in [1.54, 1.807) is 0 Å². The van der Waals surface area contributed by atoms with Crippen LogP contribution < -0.4 is 11.1 Å². The number of carboxylic acid groups (broad SMARTS) is 1. The molecule has 0 aliphatic heterocycles. The second-order valence-electron chi connectivity index (χ2n) is 5.06. The van der Waals surface area contributed by atoms with Gasteiger partial charge in [-0.1, -0.05) is 0 Å². The van der Waals surface area contributed by atoms with Gasteiger partial charge in [0, 0.05) is 0 Å². The van der Waals surface area contributed by atoms with Crippen LogP contribution >= 0.6 is 0 Å². The van der Waals surface area contributed by atoms with Crippen molar-refractivity contribution in [2.75, 3.05) is 17.7 Å². The van der Waals surface area contributed by atoms with E-state index in [0.29, 0.717) is 5.69 Å². The van der Waals surface area contributed by atoms with E-state index in [9.17, 15) is 9.59 Å². The van der Waals surface area contributed by atoms with Gasteiger partial charge in [-0.25, -0.2) is 4.79 Å². The fraction of sp³-hybridized carbons (Fsp3) is 0.385. The summed E-state index contributed by atoms with van der Waals surface area (Å²) in [6, 6.07) is 4.12. The zero-order valence-corrected chi connectivity index (χ0v) is 11.2. The molecule has 0 saturated heterocycles. The Hall–Kier alpha value is -2.08. The first-order valence-corrected chi connectivity index (χ1v) is 5.75. The molecule has 0 fully saturated rings. The molecule has 0 saturated carbocycles. The molecule has 6 heteroatoms.